The van der Waals surface area contributed by atoms with Crippen molar-refractivity contribution in [2.75, 3.05) is 31.6 Å². The Morgan fingerprint density at radius 3 is 2.61 bits per heavy atom. The van der Waals surface area contributed by atoms with Gasteiger partial charge in [-0.05, 0) is 42.5 Å². The van der Waals surface area contributed by atoms with E-state index in [1.807, 2.05) is 60.1 Å². The highest BCUT2D eigenvalue weighted by Crippen LogP contribution is 2.27. The van der Waals surface area contributed by atoms with E-state index < -0.39 is 0 Å². The number of anilines is 2. The largest absolute Gasteiger partial charge is 0.439 e. The fraction of sp³-hybridized carbons (Fsp3) is 0.250. The van der Waals surface area contributed by atoms with E-state index >= 15 is 0 Å². The second kappa shape index (κ2) is 8.75. The van der Waals surface area contributed by atoms with E-state index in [1.54, 1.807) is 6.20 Å². The Hall–Kier alpha value is -3.42. The van der Waals surface area contributed by atoms with Gasteiger partial charge in [0.2, 0.25) is 11.8 Å². The zero-order valence-electron chi connectivity index (χ0n) is 17.5. The van der Waals surface area contributed by atoms with Crippen LogP contribution >= 0.6 is 0 Å². The lowest BCUT2D eigenvalue weighted by atomic mass is 10.2. The van der Waals surface area contributed by atoms with Gasteiger partial charge in [0.05, 0.1) is 24.2 Å². The first kappa shape index (κ1) is 19.5. The number of pyridine rings is 1. The molecule has 0 atom stereocenters. The predicted molar refractivity (Wildman–Crippen MR) is 121 cm³/mol. The normalized spacial score (nSPS) is 14.6. The number of imidazole rings is 1. The highest BCUT2D eigenvalue weighted by molar-refractivity contribution is 5.79. The van der Waals surface area contributed by atoms with Crippen LogP contribution in [0.25, 0.3) is 11.0 Å². The molecule has 31 heavy (non-hydrogen) atoms. The molecule has 1 aliphatic rings. The number of benzene rings is 2. The number of nitrogens with zero attached hydrogens (tertiary/aromatic N) is 4. The number of morpholine rings is 1. The maximum atomic E-state index is 6.11. The number of hydrogen-bond acceptors (Lipinski definition) is 6. The van der Waals surface area contributed by atoms with E-state index in [1.165, 1.54) is 0 Å². The third-order valence-corrected chi connectivity index (χ3v) is 5.46. The molecule has 0 unspecified atom stereocenters. The first-order valence-corrected chi connectivity index (χ1v) is 10.5. The van der Waals surface area contributed by atoms with Crippen molar-refractivity contribution < 1.29 is 9.47 Å². The maximum absolute atomic E-state index is 6.11. The van der Waals surface area contributed by atoms with Crippen LogP contribution in [0.15, 0.2) is 66.9 Å². The summed E-state index contributed by atoms with van der Waals surface area (Å²) in [5, 5.41) is 3.38. The molecule has 3 heterocycles. The molecule has 7 nitrogen and oxygen atoms in total. The molecule has 0 saturated carbocycles. The predicted octanol–water partition coefficient (Wildman–Crippen LogP) is 4.34. The van der Waals surface area contributed by atoms with Gasteiger partial charge < -0.3 is 19.4 Å². The Morgan fingerprint density at radius 2 is 1.81 bits per heavy atom. The van der Waals surface area contributed by atoms with Crippen LogP contribution in [0, 0.1) is 0 Å². The number of aryl methyl sites for hydroxylation is 1. The minimum atomic E-state index is 0.644. The molecule has 158 valence electrons. The fourth-order valence-electron chi connectivity index (χ4n) is 3.74. The summed E-state index contributed by atoms with van der Waals surface area (Å²) in [7, 11) is 2.01. The Kier molecular flexibility index (Phi) is 5.52. The summed E-state index contributed by atoms with van der Waals surface area (Å²) in [6, 6.07) is 20.0. The first-order chi connectivity index (χ1) is 15.3. The van der Waals surface area contributed by atoms with Gasteiger partial charge in [0.25, 0.3) is 0 Å². The maximum Gasteiger partial charge on any atom is 0.223 e. The van der Waals surface area contributed by atoms with Crippen molar-refractivity contribution in [3.05, 3.63) is 72.4 Å². The summed E-state index contributed by atoms with van der Waals surface area (Å²) in [5.74, 6) is 2.19. The summed E-state index contributed by atoms with van der Waals surface area (Å²) in [6.07, 6.45) is 1.76. The van der Waals surface area contributed by atoms with E-state index in [4.69, 9.17) is 9.47 Å². The van der Waals surface area contributed by atoms with Crippen LogP contribution < -0.4 is 10.1 Å². The molecule has 1 saturated heterocycles. The molecule has 7 heteroatoms. The minimum Gasteiger partial charge on any atom is -0.439 e. The third kappa shape index (κ3) is 4.38. The third-order valence-electron chi connectivity index (χ3n) is 5.46. The van der Waals surface area contributed by atoms with Gasteiger partial charge in [-0.1, -0.05) is 18.2 Å². The molecule has 4 aromatic rings. The van der Waals surface area contributed by atoms with Gasteiger partial charge in [0, 0.05) is 44.1 Å². The molecule has 0 bridgehead atoms. The SMILES string of the molecule is Cn1c(Nc2ccc(Oc3ncccc3CN3CCOCC3)cc2)nc2ccccc21. The molecular weight excluding hydrogens is 390 g/mol. The average Bonchev–Trinajstić information content (AvgIpc) is 3.12. The number of rotatable bonds is 6. The second-order valence-corrected chi connectivity index (χ2v) is 7.59. The molecular formula is C24H25N5O2. The van der Waals surface area contributed by atoms with Crippen LogP contribution in [0.5, 0.6) is 11.6 Å². The summed E-state index contributed by atoms with van der Waals surface area (Å²) < 4.78 is 13.6. The fourth-order valence-corrected chi connectivity index (χ4v) is 3.74. The van der Waals surface area contributed by atoms with Crippen molar-refractivity contribution >= 4 is 22.7 Å². The van der Waals surface area contributed by atoms with Gasteiger partial charge in [-0.3, -0.25) is 4.90 Å². The summed E-state index contributed by atoms with van der Waals surface area (Å²) in [4.78, 5) is 11.5. The first-order valence-electron chi connectivity index (χ1n) is 10.5. The van der Waals surface area contributed by atoms with E-state index in [2.05, 4.69) is 32.3 Å². The van der Waals surface area contributed by atoms with Gasteiger partial charge in [-0.25, -0.2) is 9.97 Å². The van der Waals surface area contributed by atoms with Crippen molar-refractivity contribution in [1.82, 2.24) is 19.4 Å². The Morgan fingerprint density at radius 1 is 1.00 bits per heavy atom. The molecule has 2 aromatic heterocycles. The average molecular weight is 415 g/mol. The van der Waals surface area contributed by atoms with Crippen molar-refractivity contribution in [2.45, 2.75) is 6.54 Å². The molecule has 1 N–H and O–H groups in total. The van der Waals surface area contributed by atoms with Gasteiger partial charge >= 0.3 is 0 Å². The molecule has 0 aliphatic carbocycles. The van der Waals surface area contributed by atoms with Crippen molar-refractivity contribution in [3.8, 4) is 11.6 Å². The molecule has 0 radical (unpaired) electrons. The monoisotopic (exact) mass is 415 g/mol. The zero-order valence-corrected chi connectivity index (χ0v) is 17.5. The number of hydrogen-bond donors (Lipinski definition) is 1. The summed E-state index contributed by atoms with van der Waals surface area (Å²) >= 11 is 0. The molecule has 2 aromatic carbocycles. The van der Waals surface area contributed by atoms with Gasteiger partial charge in [0.1, 0.15) is 5.75 Å². The van der Waals surface area contributed by atoms with Gasteiger partial charge in [0.15, 0.2) is 0 Å². The lowest BCUT2D eigenvalue weighted by molar-refractivity contribution is 0.0338. The van der Waals surface area contributed by atoms with Crippen LogP contribution in [0.3, 0.4) is 0 Å². The number of nitrogens with one attached hydrogen (secondary N) is 1. The summed E-state index contributed by atoms with van der Waals surface area (Å²) in [6.45, 7) is 4.21. The smallest absolute Gasteiger partial charge is 0.223 e. The van der Waals surface area contributed by atoms with Crippen molar-refractivity contribution in [1.29, 1.82) is 0 Å². The Bertz CT molecular complexity index is 1170. The van der Waals surface area contributed by atoms with Crippen LogP contribution in [0.1, 0.15) is 5.56 Å². The molecule has 1 aliphatic heterocycles. The van der Waals surface area contributed by atoms with E-state index in [-0.39, 0.29) is 0 Å². The van der Waals surface area contributed by atoms with Crippen LogP contribution in [0.4, 0.5) is 11.6 Å². The number of ether oxygens (including phenoxy) is 2. The molecule has 5 rings (SSSR count). The lowest BCUT2D eigenvalue weighted by Crippen LogP contribution is -2.35. The standard InChI is InChI=1S/C24H25N5O2/c1-28-22-7-3-2-6-21(22)27-24(28)26-19-8-10-20(11-9-19)31-23-18(5-4-12-25-23)17-29-13-15-30-16-14-29/h2-12H,13-17H2,1H3,(H,26,27). The van der Waals surface area contributed by atoms with Crippen LogP contribution in [-0.4, -0.2) is 45.7 Å². The van der Waals surface area contributed by atoms with Gasteiger partial charge in [-0.2, -0.15) is 0 Å². The van der Waals surface area contributed by atoms with Crippen molar-refractivity contribution in [2.24, 2.45) is 7.05 Å². The second-order valence-electron chi connectivity index (χ2n) is 7.59. The Balaban J connectivity index is 1.29. The number of fused-ring (bicyclic) bond motifs is 1. The van der Waals surface area contributed by atoms with Crippen LogP contribution in [0.2, 0.25) is 0 Å². The molecule has 0 amide bonds. The lowest BCUT2D eigenvalue weighted by Gasteiger charge is -2.26. The minimum absolute atomic E-state index is 0.644. The summed E-state index contributed by atoms with van der Waals surface area (Å²) in [5.41, 5.74) is 4.08. The quantitative estimate of drug-likeness (QED) is 0.506. The number of para-hydroxylation sites is 2. The number of aromatic nitrogens is 3. The highest BCUT2D eigenvalue weighted by atomic mass is 16.5. The van der Waals surface area contributed by atoms with E-state index in [0.717, 1.165) is 66.8 Å². The van der Waals surface area contributed by atoms with Gasteiger partial charge in [-0.15, -0.1) is 0 Å². The van der Waals surface area contributed by atoms with Crippen molar-refractivity contribution in [3.63, 3.8) is 0 Å². The molecule has 0 spiro atoms. The Labute approximate surface area is 181 Å². The van der Waals surface area contributed by atoms with E-state index in [0.29, 0.717) is 5.88 Å². The molecule has 1 fully saturated rings. The highest BCUT2D eigenvalue weighted by Gasteiger charge is 2.14. The van der Waals surface area contributed by atoms with Crippen LogP contribution in [-0.2, 0) is 18.3 Å². The topological polar surface area (TPSA) is 64.4 Å². The van der Waals surface area contributed by atoms with E-state index in [9.17, 15) is 0 Å². The zero-order chi connectivity index (χ0) is 21.0.